The van der Waals surface area contributed by atoms with Crippen LogP contribution in [0.25, 0.3) is 0 Å². The van der Waals surface area contributed by atoms with Gasteiger partial charge in [-0.15, -0.1) is 6.58 Å². The fourth-order valence-corrected chi connectivity index (χ4v) is 1.97. The van der Waals surface area contributed by atoms with E-state index in [2.05, 4.69) is 27.8 Å². The lowest BCUT2D eigenvalue weighted by atomic mass is 10.2. The number of carboxylic acid groups (broad SMARTS) is 1. The van der Waals surface area contributed by atoms with Crippen LogP contribution < -0.4 is 5.32 Å². The molecule has 2 N–H and O–H groups in total. The average Bonchev–Trinajstić information content (AvgIpc) is 2.43. The summed E-state index contributed by atoms with van der Waals surface area (Å²) in [6.07, 6.45) is 1.43. The third-order valence-corrected chi connectivity index (χ3v) is 3.01. The van der Waals surface area contributed by atoms with Gasteiger partial charge in [0.25, 0.3) is 5.91 Å². The normalized spacial score (nSPS) is 9.76. The number of nitrogens with zero attached hydrogens (tertiary/aromatic N) is 1. The number of nitrogens with one attached hydrogen (secondary N) is 1. The summed E-state index contributed by atoms with van der Waals surface area (Å²) in [5.41, 5.74) is 0.408. The number of hydrogen-bond donors (Lipinski definition) is 2. The minimum absolute atomic E-state index is 0.109. The first-order valence-corrected chi connectivity index (χ1v) is 6.87. The summed E-state index contributed by atoms with van der Waals surface area (Å²) >= 11 is 3.25. The molecule has 0 spiro atoms. The quantitative estimate of drug-likeness (QED) is 0.722. The molecule has 0 aromatic heterocycles. The van der Waals surface area contributed by atoms with E-state index in [1.54, 1.807) is 24.3 Å². The Morgan fingerprint density at radius 1 is 1.38 bits per heavy atom. The van der Waals surface area contributed by atoms with Crippen molar-refractivity contribution in [3.05, 3.63) is 47.0 Å². The highest BCUT2D eigenvalue weighted by Crippen LogP contribution is 2.11. The van der Waals surface area contributed by atoms with Crippen LogP contribution in [-0.4, -0.2) is 47.4 Å². The molecule has 112 valence electrons. The van der Waals surface area contributed by atoms with Gasteiger partial charge in [-0.3, -0.25) is 14.4 Å². The van der Waals surface area contributed by atoms with Gasteiger partial charge in [-0.25, -0.2) is 0 Å². The van der Waals surface area contributed by atoms with Crippen LogP contribution in [0, 0.1) is 0 Å². The molecule has 0 saturated carbocycles. The Balaban J connectivity index is 2.59. The molecule has 21 heavy (non-hydrogen) atoms. The first-order chi connectivity index (χ1) is 9.93. The first-order valence-electron chi connectivity index (χ1n) is 6.08. The van der Waals surface area contributed by atoms with Crippen molar-refractivity contribution < 1.29 is 19.5 Å². The molecule has 6 nitrogen and oxygen atoms in total. The maximum absolute atomic E-state index is 11.9. The van der Waals surface area contributed by atoms with E-state index in [1.807, 2.05) is 0 Å². The second kappa shape index (κ2) is 8.21. The van der Waals surface area contributed by atoms with Crippen molar-refractivity contribution in [3.63, 3.8) is 0 Å². The van der Waals surface area contributed by atoms with E-state index in [0.29, 0.717) is 5.56 Å². The second-order valence-corrected chi connectivity index (χ2v) is 5.07. The summed E-state index contributed by atoms with van der Waals surface area (Å²) in [6, 6.07) is 6.72. The SMILES string of the molecule is C=CCN(CC(=O)O)C(=O)CNC(=O)c1cccc(Br)c1. The van der Waals surface area contributed by atoms with E-state index in [9.17, 15) is 14.4 Å². The van der Waals surface area contributed by atoms with E-state index in [0.717, 1.165) is 9.37 Å². The van der Waals surface area contributed by atoms with Gasteiger partial charge in [0, 0.05) is 16.6 Å². The Kier molecular flexibility index (Phi) is 6.61. The highest BCUT2D eigenvalue weighted by Gasteiger charge is 2.16. The summed E-state index contributed by atoms with van der Waals surface area (Å²) in [4.78, 5) is 35.5. The number of amides is 2. The van der Waals surface area contributed by atoms with E-state index in [1.165, 1.54) is 6.08 Å². The molecule has 0 fully saturated rings. The minimum atomic E-state index is -1.12. The van der Waals surface area contributed by atoms with Crippen LogP contribution in [-0.2, 0) is 9.59 Å². The molecular weight excluding hydrogens is 340 g/mol. The predicted octanol–water partition coefficient (Wildman–Crippen LogP) is 1.28. The fraction of sp³-hybridized carbons (Fsp3) is 0.214. The van der Waals surface area contributed by atoms with Crippen LogP contribution >= 0.6 is 15.9 Å². The maximum atomic E-state index is 11.9. The number of halogens is 1. The molecule has 0 aliphatic heterocycles. The third kappa shape index (κ3) is 5.78. The van der Waals surface area contributed by atoms with Gasteiger partial charge < -0.3 is 15.3 Å². The smallest absolute Gasteiger partial charge is 0.323 e. The molecule has 0 unspecified atom stereocenters. The number of aliphatic carboxylic acids is 1. The highest BCUT2D eigenvalue weighted by atomic mass is 79.9. The van der Waals surface area contributed by atoms with Crippen LogP contribution in [0.5, 0.6) is 0 Å². The molecule has 0 heterocycles. The van der Waals surface area contributed by atoms with Gasteiger partial charge in [-0.2, -0.15) is 0 Å². The number of benzene rings is 1. The third-order valence-electron chi connectivity index (χ3n) is 2.52. The van der Waals surface area contributed by atoms with Crippen LogP contribution in [0.15, 0.2) is 41.4 Å². The van der Waals surface area contributed by atoms with E-state index in [-0.39, 0.29) is 13.1 Å². The van der Waals surface area contributed by atoms with Gasteiger partial charge in [0.1, 0.15) is 6.54 Å². The van der Waals surface area contributed by atoms with Gasteiger partial charge in [-0.1, -0.05) is 28.1 Å². The molecule has 0 saturated heterocycles. The van der Waals surface area contributed by atoms with Crippen molar-refractivity contribution in [1.29, 1.82) is 0 Å². The minimum Gasteiger partial charge on any atom is -0.480 e. The molecule has 0 aliphatic carbocycles. The highest BCUT2D eigenvalue weighted by molar-refractivity contribution is 9.10. The molecule has 1 rings (SSSR count). The Bertz CT molecular complexity index is 560. The topological polar surface area (TPSA) is 86.7 Å². The molecule has 7 heteroatoms. The first kappa shape index (κ1) is 16.9. The zero-order valence-electron chi connectivity index (χ0n) is 11.2. The largest absolute Gasteiger partial charge is 0.480 e. The van der Waals surface area contributed by atoms with Crippen molar-refractivity contribution in [2.45, 2.75) is 0 Å². The van der Waals surface area contributed by atoms with E-state index in [4.69, 9.17) is 5.11 Å². The predicted molar refractivity (Wildman–Crippen MR) is 80.9 cm³/mol. The molecular formula is C14H15BrN2O4. The van der Waals surface area contributed by atoms with Crippen LogP contribution in [0.1, 0.15) is 10.4 Å². The second-order valence-electron chi connectivity index (χ2n) is 4.15. The number of carbonyl (C=O) groups is 3. The molecule has 1 aromatic carbocycles. The summed E-state index contributed by atoms with van der Waals surface area (Å²) in [7, 11) is 0. The number of carbonyl (C=O) groups excluding carboxylic acids is 2. The van der Waals surface area contributed by atoms with Crippen molar-refractivity contribution in [1.82, 2.24) is 10.2 Å². The Morgan fingerprint density at radius 3 is 2.67 bits per heavy atom. The lowest BCUT2D eigenvalue weighted by molar-refractivity contribution is -0.143. The number of hydrogen-bond acceptors (Lipinski definition) is 3. The van der Waals surface area contributed by atoms with Gasteiger partial charge in [-0.05, 0) is 18.2 Å². The Hall–Kier alpha value is -2.15. The van der Waals surface area contributed by atoms with Crippen LogP contribution in [0.3, 0.4) is 0 Å². The zero-order chi connectivity index (χ0) is 15.8. The fourth-order valence-electron chi connectivity index (χ4n) is 1.57. The number of rotatable bonds is 7. The molecule has 1 aromatic rings. The van der Waals surface area contributed by atoms with Crippen molar-refractivity contribution in [3.8, 4) is 0 Å². The Labute approximate surface area is 130 Å². The standard InChI is InChI=1S/C14H15BrN2O4/c1-2-6-17(9-13(19)20)12(18)8-16-14(21)10-4-3-5-11(15)7-10/h2-5,7H,1,6,8-9H2,(H,16,21)(H,19,20). The van der Waals surface area contributed by atoms with Crippen LogP contribution in [0.2, 0.25) is 0 Å². The summed E-state index contributed by atoms with van der Waals surface area (Å²) in [5.74, 6) is -2.01. The maximum Gasteiger partial charge on any atom is 0.323 e. The van der Waals surface area contributed by atoms with Crippen LogP contribution in [0.4, 0.5) is 0 Å². The van der Waals surface area contributed by atoms with Gasteiger partial charge in [0.2, 0.25) is 5.91 Å². The summed E-state index contributed by atoms with van der Waals surface area (Å²) in [5, 5.41) is 11.2. The summed E-state index contributed by atoms with van der Waals surface area (Å²) in [6.45, 7) is 2.87. The summed E-state index contributed by atoms with van der Waals surface area (Å²) < 4.78 is 0.751. The lowest BCUT2D eigenvalue weighted by Crippen LogP contribution is -2.42. The van der Waals surface area contributed by atoms with Gasteiger partial charge >= 0.3 is 5.97 Å². The number of carboxylic acids is 1. The van der Waals surface area contributed by atoms with E-state index >= 15 is 0 Å². The molecule has 0 atom stereocenters. The zero-order valence-corrected chi connectivity index (χ0v) is 12.8. The van der Waals surface area contributed by atoms with Gasteiger partial charge in [0.05, 0.1) is 6.54 Å². The monoisotopic (exact) mass is 354 g/mol. The van der Waals surface area contributed by atoms with Crippen molar-refractivity contribution in [2.24, 2.45) is 0 Å². The van der Waals surface area contributed by atoms with E-state index < -0.39 is 24.3 Å². The molecule has 0 radical (unpaired) electrons. The molecule has 2 amide bonds. The molecule has 0 bridgehead atoms. The van der Waals surface area contributed by atoms with Crippen molar-refractivity contribution in [2.75, 3.05) is 19.6 Å². The Morgan fingerprint density at radius 2 is 2.10 bits per heavy atom. The average molecular weight is 355 g/mol. The van der Waals surface area contributed by atoms with Crippen molar-refractivity contribution >= 4 is 33.7 Å². The lowest BCUT2D eigenvalue weighted by Gasteiger charge is -2.19. The van der Waals surface area contributed by atoms with Gasteiger partial charge in [0.15, 0.2) is 0 Å². The molecule has 0 aliphatic rings.